The second kappa shape index (κ2) is 8.17. The number of esters is 1. The van der Waals surface area contributed by atoms with Crippen LogP contribution in [0.15, 0.2) is 78.9 Å². The Morgan fingerprint density at radius 1 is 0.900 bits per heavy atom. The van der Waals surface area contributed by atoms with E-state index in [4.69, 9.17) is 9.72 Å². The maximum absolute atomic E-state index is 13.1. The van der Waals surface area contributed by atoms with E-state index in [9.17, 15) is 9.59 Å². The molecule has 0 spiro atoms. The molecule has 1 aromatic heterocycles. The fraction of sp³-hybridized carbons (Fsp3) is 0.0800. The molecule has 0 unspecified atom stereocenters. The van der Waals surface area contributed by atoms with Crippen molar-refractivity contribution in [3.05, 3.63) is 95.6 Å². The van der Waals surface area contributed by atoms with Crippen LogP contribution in [-0.2, 0) is 4.74 Å². The van der Waals surface area contributed by atoms with Gasteiger partial charge in [-0.2, -0.15) is 0 Å². The van der Waals surface area contributed by atoms with Crippen LogP contribution in [0.2, 0.25) is 0 Å². The number of hydrogen-bond acceptors (Lipinski definition) is 4. The summed E-state index contributed by atoms with van der Waals surface area (Å²) in [4.78, 5) is 29.5. The van der Waals surface area contributed by atoms with Crippen molar-refractivity contribution in [3.63, 3.8) is 0 Å². The summed E-state index contributed by atoms with van der Waals surface area (Å²) in [5.74, 6) is -0.663. The lowest BCUT2D eigenvalue weighted by molar-refractivity contribution is 0.0600. The van der Waals surface area contributed by atoms with Crippen molar-refractivity contribution in [2.24, 2.45) is 0 Å². The zero-order chi connectivity index (χ0) is 21.1. The van der Waals surface area contributed by atoms with Crippen LogP contribution < -0.4 is 5.32 Å². The first-order valence-corrected chi connectivity index (χ1v) is 9.52. The Bertz CT molecular complexity index is 1250. The van der Waals surface area contributed by atoms with Crippen molar-refractivity contribution in [1.29, 1.82) is 0 Å². The molecule has 1 heterocycles. The number of carbonyl (C=O) groups excluding carboxylic acids is 2. The first kappa shape index (κ1) is 19.3. The van der Waals surface area contributed by atoms with E-state index >= 15 is 0 Å². The first-order valence-electron chi connectivity index (χ1n) is 9.52. The SMILES string of the molecule is COC(=O)c1ccc(NC(=O)c2cc(-c3cccc(C)c3)nc3ccccc23)cc1. The Labute approximate surface area is 174 Å². The number of nitrogens with zero attached hydrogens (tertiary/aromatic N) is 1. The average Bonchev–Trinajstić information content (AvgIpc) is 2.78. The largest absolute Gasteiger partial charge is 0.465 e. The highest BCUT2D eigenvalue weighted by molar-refractivity contribution is 6.13. The molecular weight excluding hydrogens is 376 g/mol. The van der Waals surface area contributed by atoms with Gasteiger partial charge >= 0.3 is 5.97 Å². The number of aryl methyl sites for hydroxylation is 1. The number of aromatic nitrogens is 1. The van der Waals surface area contributed by atoms with Gasteiger partial charge < -0.3 is 10.1 Å². The van der Waals surface area contributed by atoms with Gasteiger partial charge in [0.2, 0.25) is 0 Å². The Hall–Kier alpha value is -3.99. The van der Waals surface area contributed by atoms with Gasteiger partial charge in [-0.1, -0.05) is 42.0 Å². The highest BCUT2D eigenvalue weighted by Gasteiger charge is 2.15. The van der Waals surface area contributed by atoms with E-state index in [2.05, 4.69) is 5.32 Å². The van der Waals surface area contributed by atoms with Crippen LogP contribution in [0.3, 0.4) is 0 Å². The maximum atomic E-state index is 13.1. The quantitative estimate of drug-likeness (QED) is 0.479. The summed E-state index contributed by atoms with van der Waals surface area (Å²) >= 11 is 0. The van der Waals surface area contributed by atoms with Crippen molar-refractivity contribution in [2.45, 2.75) is 6.92 Å². The number of amides is 1. The molecule has 0 saturated heterocycles. The first-order chi connectivity index (χ1) is 14.5. The van der Waals surface area contributed by atoms with Gasteiger partial charge in [-0.05, 0) is 49.4 Å². The molecule has 0 fully saturated rings. The third-order valence-electron chi connectivity index (χ3n) is 4.84. The minimum atomic E-state index is -0.421. The molecule has 0 aliphatic carbocycles. The van der Waals surface area contributed by atoms with Crippen molar-refractivity contribution in [3.8, 4) is 11.3 Å². The highest BCUT2D eigenvalue weighted by atomic mass is 16.5. The van der Waals surface area contributed by atoms with E-state index < -0.39 is 5.97 Å². The standard InChI is InChI=1S/C25H20N2O3/c1-16-6-5-7-18(14-16)23-15-21(20-8-3-4-9-22(20)27-23)24(28)26-19-12-10-17(11-13-19)25(29)30-2/h3-15H,1-2H3,(H,26,28). The van der Waals surface area contributed by atoms with Gasteiger partial charge in [-0.25, -0.2) is 9.78 Å². The summed E-state index contributed by atoms with van der Waals surface area (Å²) in [7, 11) is 1.33. The summed E-state index contributed by atoms with van der Waals surface area (Å²) in [5.41, 5.74) is 5.12. The fourth-order valence-electron chi connectivity index (χ4n) is 3.32. The van der Waals surface area contributed by atoms with E-state index in [1.165, 1.54) is 7.11 Å². The molecule has 148 valence electrons. The molecule has 5 nitrogen and oxygen atoms in total. The predicted octanol–water partition coefficient (Wildman–Crippen LogP) is 5.25. The van der Waals surface area contributed by atoms with Gasteiger partial charge in [0.1, 0.15) is 0 Å². The summed E-state index contributed by atoms with van der Waals surface area (Å²) in [6, 6.07) is 24.0. The number of pyridine rings is 1. The molecule has 4 rings (SSSR count). The lowest BCUT2D eigenvalue weighted by Crippen LogP contribution is -2.13. The smallest absolute Gasteiger partial charge is 0.337 e. The van der Waals surface area contributed by atoms with E-state index in [0.29, 0.717) is 16.8 Å². The second-order valence-electron chi connectivity index (χ2n) is 6.96. The molecule has 0 atom stereocenters. The molecule has 4 aromatic rings. The fourth-order valence-corrected chi connectivity index (χ4v) is 3.32. The highest BCUT2D eigenvalue weighted by Crippen LogP contribution is 2.26. The molecule has 1 N–H and O–H groups in total. The van der Waals surface area contributed by atoms with Crippen LogP contribution in [0.25, 0.3) is 22.2 Å². The number of fused-ring (bicyclic) bond motifs is 1. The molecule has 0 aliphatic heterocycles. The van der Waals surface area contributed by atoms with Crippen LogP contribution >= 0.6 is 0 Å². The van der Waals surface area contributed by atoms with E-state index in [0.717, 1.165) is 27.7 Å². The van der Waals surface area contributed by atoms with E-state index in [1.54, 1.807) is 24.3 Å². The number of rotatable bonds is 4. The van der Waals surface area contributed by atoms with Gasteiger partial charge in [-0.3, -0.25) is 4.79 Å². The minimum Gasteiger partial charge on any atom is -0.465 e. The lowest BCUT2D eigenvalue weighted by Gasteiger charge is -2.11. The molecule has 0 bridgehead atoms. The number of nitrogens with one attached hydrogen (secondary N) is 1. The number of benzene rings is 3. The summed E-state index contributed by atoms with van der Waals surface area (Å²) in [6.45, 7) is 2.02. The normalized spacial score (nSPS) is 10.6. The molecule has 3 aromatic carbocycles. The van der Waals surface area contributed by atoms with Crippen LogP contribution in [0, 0.1) is 6.92 Å². The molecule has 1 amide bonds. The molecule has 0 radical (unpaired) electrons. The number of ether oxygens (including phenoxy) is 1. The average molecular weight is 396 g/mol. The number of anilines is 1. The van der Waals surface area contributed by atoms with E-state index in [-0.39, 0.29) is 5.91 Å². The topological polar surface area (TPSA) is 68.3 Å². The Morgan fingerprint density at radius 2 is 1.67 bits per heavy atom. The summed E-state index contributed by atoms with van der Waals surface area (Å²) < 4.78 is 4.71. The Morgan fingerprint density at radius 3 is 2.40 bits per heavy atom. The van der Waals surface area contributed by atoms with Gasteiger partial charge in [0, 0.05) is 16.6 Å². The van der Waals surface area contributed by atoms with Gasteiger partial charge in [0.05, 0.1) is 29.4 Å². The predicted molar refractivity (Wildman–Crippen MR) is 118 cm³/mol. The second-order valence-corrected chi connectivity index (χ2v) is 6.96. The van der Waals surface area contributed by atoms with E-state index in [1.807, 2.05) is 61.5 Å². The minimum absolute atomic E-state index is 0.242. The Balaban J connectivity index is 1.72. The van der Waals surface area contributed by atoms with Crippen LogP contribution in [-0.4, -0.2) is 24.0 Å². The van der Waals surface area contributed by atoms with Gasteiger partial charge in [0.15, 0.2) is 0 Å². The number of para-hydroxylation sites is 1. The lowest BCUT2D eigenvalue weighted by atomic mass is 10.0. The van der Waals surface area contributed by atoms with Gasteiger partial charge in [-0.15, -0.1) is 0 Å². The van der Waals surface area contributed by atoms with Crippen molar-refractivity contribution < 1.29 is 14.3 Å². The third kappa shape index (κ3) is 3.91. The molecular formula is C25H20N2O3. The summed E-state index contributed by atoms with van der Waals surface area (Å²) in [5, 5.41) is 3.68. The molecule has 30 heavy (non-hydrogen) atoms. The van der Waals surface area contributed by atoms with Crippen LogP contribution in [0.1, 0.15) is 26.3 Å². The van der Waals surface area contributed by atoms with Crippen molar-refractivity contribution in [1.82, 2.24) is 4.98 Å². The molecule has 5 heteroatoms. The maximum Gasteiger partial charge on any atom is 0.337 e. The van der Waals surface area contributed by atoms with Crippen LogP contribution in [0.5, 0.6) is 0 Å². The number of carbonyl (C=O) groups is 2. The summed E-state index contributed by atoms with van der Waals surface area (Å²) in [6.07, 6.45) is 0. The zero-order valence-corrected chi connectivity index (χ0v) is 16.7. The van der Waals surface area contributed by atoms with Crippen molar-refractivity contribution >= 4 is 28.5 Å². The van der Waals surface area contributed by atoms with Crippen LogP contribution in [0.4, 0.5) is 5.69 Å². The third-order valence-corrected chi connectivity index (χ3v) is 4.84. The van der Waals surface area contributed by atoms with Gasteiger partial charge in [0.25, 0.3) is 5.91 Å². The monoisotopic (exact) mass is 396 g/mol. The molecule has 0 saturated carbocycles. The molecule has 0 aliphatic rings. The zero-order valence-electron chi connectivity index (χ0n) is 16.7. The number of hydrogen-bond donors (Lipinski definition) is 1. The number of methoxy groups -OCH3 is 1. The van der Waals surface area contributed by atoms with Crippen molar-refractivity contribution in [2.75, 3.05) is 12.4 Å². The Kier molecular flexibility index (Phi) is 5.26.